The first-order chi connectivity index (χ1) is 12.9. The molecule has 0 radical (unpaired) electrons. The lowest BCUT2D eigenvalue weighted by Gasteiger charge is -2.35. The molecule has 2 aromatic carbocycles. The minimum absolute atomic E-state index is 0.0654. The first-order valence-electron chi connectivity index (χ1n) is 9.20. The highest BCUT2D eigenvalue weighted by Gasteiger charge is 2.36. The topological polar surface area (TPSA) is 32.3 Å². The van der Waals surface area contributed by atoms with Gasteiger partial charge in [-0.05, 0) is 61.1 Å². The molecular formula is C21H21F3N2O. The highest BCUT2D eigenvalue weighted by atomic mass is 19.2. The SMILES string of the molecule is CN(C(=O)c1ccc(-c2cc(F)c(F)c(F)c2)cc1)C1CC2CCC(C1)N2. The van der Waals surface area contributed by atoms with Crippen LogP contribution in [0.4, 0.5) is 13.2 Å². The van der Waals surface area contributed by atoms with Crippen LogP contribution in [0.5, 0.6) is 0 Å². The summed E-state index contributed by atoms with van der Waals surface area (Å²) in [6.07, 6.45) is 4.27. The second kappa shape index (κ2) is 7.00. The molecule has 0 aliphatic carbocycles. The van der Waals surface area contributed by atoms with Crippen LogP contribution in [0.25, 0.3) is 11.1 Å². The molecule has 27 heavy (non-hydrogen) atoms. The molecule has 4 rings (SSSR count). The third-order valence-corrected chi connectivity index (χ3v) is 5.77. The molecule has 2 fully saturated rings. The first-order valence-corrected chi connectivity index (χ1v) is 9.20. The van der Waals surface area contributed by atoms with Gasteiger partial charge in [-0.25, -0.2) is 13.2 Å². The number of nitrogens with zero attached hydrogens (tertiary/aromatic N) is 1. The van der Waals surface area contributed by atoms with Gasteiger partial charge in [0.2, 0.25) is 0 Å². The quantitative estimate of drug-likeness (QED) is 0.820. The van der Waals surface area contributed by atoms with Gasteiger partial charge in [-0.3, -0.25) is 4.79 Å². The van der Waals surface area contributed by atoms with Crippen molar-refractivity contribution in [3.63, 3.8) is 0 Å². The lowest BCUT2D eigenvalue weighted by molar-refractivity contribution is 0.0681. The molecular weight excluding hydrogens is 353 g/mol. The number of piperidine rings is 1. The fourth-order valence-electron chi connectivity index (χ4n) is 4.24. The minimum Gasteiger partial charge on any atom is -0.339 e. The summed E-state index contributed by atoms with van der Waals surface area (Å²) in [7, 11) is 1.83. The van der Waals surface area contributed by atoms with Gasteiger partial charge >= 0.3 is 0 Å². The Bertz CT molecular complexity index is 833. The smallest absolute Gasteiger partial charge is 0.253 e. The van der Waals surface area contributed by atoms with Crippen LogP contribution >= 0.6 is 0 Å². The minimum atomic E-state index is -1.48. The van der Waals surface area contributed by atoms with Crippen LogP contribution in [-0.4, -0.2) is 36.0 Å². The summed E-state index contributed by atoms with van der Waals surface area (Å²) in [5.41, 5.74) is 1.27. The number of halogens is 3. The van der Waals surface area contributed by atoms with E-state index in [2.05, 4.69) is 5.32 Å². The van der Waals surface area contributed by atoms with Gasteiger partial charge in [0.05, 0.1) is 0 Å². The first kappa shape index (κ1) is 18.0. The molecule has 2 atom stereocenters. The molecule has 0 saturated carbocycles. The molecule has 2 unspecified atom stereocenters. The molecule has 1 N–H and O–H groups in total. The zero-order valence-electron chi connectivity index (χ0n) is 15.0. The molecule has 6 heteroatoms. The number of benzene rings is 2. The number of amides is 1. The van der Waals surface area contributed by atoms with Crippen molar-refractivity contribution in [2.75, 3.05) is 7.05 Å². The predicted molar refractivity (Wildman–Crippen MR) is 96.8 cm³/mol. The van der Waals surface area contributed by atoms with E-state index in [1.54, 1.807) is 29.2 Å². The lowest BCUT2D eigenvalue weighted by atomic mass is 9.97. The Labute approximate surface area is 156 Å². The fourth-order valence-corrected chi connectivity index (χ4v) is 4.24. The van der Waals surface area contributed by atoms with Gasteiger partial charge in [0.1, 0.15) is 0 Å². The molecule has 2 saturated heterocycles. The Balaban J connectivity index is 1.51. The molecule has 2 bridgehead atoms. The summed E-state index contributed by atoms with van der Waals surface area (Å²) in [4.78, 5) is 14.6. The van der Waals surface area contributed by atoms with E-state index < -0.39 is 17.5 Å². The van der Waals surface area contributed by atoms with Crippen molar-refractivity contribution in [3.8, 4) is 11.1 Å². The monoisotopic (exact) mass is 374 g/mol. The summed E-state index contributed by atoms with van der Waals surface area (Å²) in [5, 5.41) is 3.57. The summed E-state index contributed by atoms with van der Waals surface area (Å²) >= 11 is 0. The van der Waals surface area contributed by atoms with Gasteiger partial charge < -0.3 is 10.2 Å². The Kier molecular flexibility index (Phi) is 4.68. The van der Waals surface area contributed by atoms with E-state index in [1.807, 2.05) is 7.05 Å². The number of carbonyl (C=O) groups is 1. The van der Waals surface area contributed by atoms with Crippen molar-refractivity contribution in [1.82, 2.24) is 10.2 Å². The Morgan fingerprint density at radius 3 is 2.07 bits per heavy atom. The maximum absolute atomic E-state index is 13.4. The average molecular weight is 374 g/mol. The molecule has 142 valence electrons. The standard InChI is InChI=1S/C21H21F3N2O/c1-26(17-10-15-6-7-16(11-17)25-15)21(27)13-4-2-12(3-5-13)14-8-18(22)20(24)19(23)9-14/h2-5,8-9,15-17,25H,6-7,10-11H2,1H3. The Hall–Kier alpha value is -2.34. The third-order valence-electron chi connectivity index (χ3n) is 5.77. The summed E-state index contributed by atoms with van der Waals surface area (Å²) in [6, 6.07) is 9.64. The van der Waals surface area contributed by atoms with E-state index in [1.165, 1.54) is 12.8 Å². The van der Waals surface area contributed by atoms with Gasteiger partial charge in [0.15, 0.2) is 17.5 Å². The molecule has 2 aliphatic heterocycles. The molecule has 2 aliphatic rings. The van der Waals surface area contributed by atoms with E-state index in [9.17, 15) is 18.0 Å². The largest absolute Gasteiger partial charge is 0.339 e. The van der Waals surface area contributed by atoms with E-state index in [0.29, 0.717) is 23.2 Å². The summed E-state index contributed by atoms with van der Waals surface area (Å²) in [6.45, 7) is 0. The van der Waals surface area contributed by atoms with Crippen molar-refractivity contribution in [2.45, 2.75) is 43.8 Å². The summed E-state index contributed by atoms with van der Waals surface area (Å²) in [5.74, 6) is -4.01. The Morgan fingerprint density at radius 2 is 1.52 bits per heavy atom. The van der Waals surface area contributed by atoms with E-state index in [4.69, 9.17) is 0 Å². The van der Waals surface area contributed by atoms with Crippen LogP contribution < -0.4 is 5.32 Å². The van der Waals surface area contributed by atoms with Crippen LogP contribution in [0.2, 0.25) is 0 Å². The summed E-state index contributed by atoms with van der Waals surface area (Å²) < 4.78 is 40.0. The molecule has 0 spiro atoms. The second-order valence-corrected chi connectivity index (χ2v) is 7.51. The van der Waals surface area contributed by atoms with Gasteiger partial charge in [0, 0.05) is 30.7 Å². The maximum Gasteiger partial charge on any atom is 0.253 e. The third kappa shape index (κ3) is 3.46. The normalized spacial score (nSPS) is 24.1. The van der Waals surface area contributed by atoms with E-state index in [-0.39, 0.29) is 17.5 Å². The van der Waals surface area contributed by atoms with Gasteiger partial charge in [-0.15, -0.1) is 0 Å². The molecule has 3 nitrogen and oxygen atoms in total. The van der Waals surface area contributed by atoms with Crippen molar-refractivity contribution in [1.29, 1.82) is 0 Å². The van der Waals surface area contributed by atoms with Crippen LogP contribution in [0.15, 0.2) is 36.4 Å². The molecule has 0 aromatic heterocycles. The van der Waals surface area contributed by atoms with Gasteiger partial charge in [0.25, 0.3) is 5.91 Å². The predicted octanol–water partition coefficient (Wildman–Crippen LogP) is 4.13. The zero-order valence-corrected chi connectivity index (χ0v) is 15.0. The second-order valence-electron chi connectivity index (χ2n) is 7.51. The zero-order chi connectivity index (χ0) is 19.1. The number of fused-ring (bicyclic) bond motifs is 2. The number of hydrogen-bond donors (Lipinski definition) is 1. The number of hydrogen-bond acceptors (Lipinski definition) is 2. The maximum atomic E-state index is 13.4. The van der Waals surface area contributed by atoms with E-state index in [0.717, 1.165) is 25.0 Å². The number of carbonyl (C=O) groups excluding carboxylic acids is 1. The van der Waals surface area contributed by atoms with E-state index >= 15 is 0 Å². The number of nitrogens with one attached hydrogen (secondary N) is 1. The van der Waals surface area contributed by atoms with Crippen molar-refractivity contribution < 1.29 is 18.0 Å². The average Bonchev–Trinajstić information content (AvgIpc) is 3.02. The molecule has 1 amide bonds. The highest BCUT2D eigenvalue weighted by Crippen LogP contribution is 2.30. The van der Waals surface area contributed by atoms with Gasteiger partial charge in [-0.2, -0.15) is 0 Å². The van der Waals surface area contributed by atoms with Crippen LogP contribution in [0, 0.1) is 17.5 Å². The molecule has 2 heterocycles. The van der Waals surface area contributed by atoms with Gasteiger partial charge in [-0.1, -0.05) is 12.1 Å². The van der Waals surface area contributed by atoms with Crippen LogP contribution in [0.1, 0.15) is 36.0 Å². The van der Waals surface area contributed by atoms with Crippen molar-refractivity contribution in [3.05, 3.63) is 59.4 Å². The lowest BCUT2D eigenvalue weighted by Crippen LogP contribution is -2.48. The fraction of sp³-hybridized carbons (Fsp3) is 0.381. The Morgan fingerprint density at radius 1 is 0.963 bits per heavy atom. The highest BCUT2D eigenvalue weighted by molar-refractivity contribution is 5.94. The van der Waals surface area contributed by atoms with Crippen LogP contribution in [0.3, 0.4) is 0 Å². The number of rotatable bonds is 3. The van der Waals surface area contributed by atoms with Crippen LogP contribution in [-0.2, 0) is 0 Å². The van der Waals surface area contributed by atoms with Crippen molar-refractivity contribution in [2.24, 2.45) is 0 Å². The van der Waals surface area contributed by atoms with Crippen molar-refractivity contribution >= 4 is 5.91 Å². The molecule has 2 aromatic rings.